The van der Waals surface area contributed by atoms with Gasteiger partial charge in [-0.05, 0) is 19.1 Å². The highest BCUT2D eigenvalue weighted by atomic mass is 16.4. The van der Waals surface area contributed by atoms with Gasteiger partial charge < -0.3 is 9.73 Å². The van der Waals surface area contributed by atoms with E-state index in [1.165, 1.54) is 0 Å². The molecule has 0 spiro atoms. The van der Waals surface area contributed by atoms with E-state index in [0.717, 1.165) is 31.7 Å². The molecule has 1 aromatic heterocycles. The molecule has 1 N–H and O–H groups in total. The van der Waals surface area contributed by atoms with Gasteiger partial charge in [0.1, 0.15) is 0 Å². The molecule has 1 aliphatic rings. The number of nitrogens with zero attached hydrogens (tertiary/aromatic N) is 2. The van der Waals surface area contributed by atoms with E-state index in [9.17, 15) is 4.79 Å². The van der Waals surface area contributed by atoms with Gasteiger partial charge in [0.05, 0.1) is 5.52 Å². The van der Waals surface area contributed by atoms with Crippen molar-refractivity contribution >= 4 is 11.1 Å². The van der Waals surface area contributed by atoms with Crippen molar-refractivity contribution in [3.8, 4) is 0 Å². The number of rotatable bonds is 3. The number of benzene rings is 1. The molecule has 1 atom stereocenters. The van der Waals surface area contributed by atoms with Crippen molar-refractivity contribution < 1.29 is 4.42 Å². The van der Waals surface area contributed by atoms with Crippen LogP contribution in [0.15, 0.2) is 33.5 Å². The van der Waals surface area contributed by atoms with Crippen LogP contribution in [0.4, 0.5) is 0 Å². The lowest BCUT2D eigenvalue weighted by Crippen LogP contribution is -2.50. The highest BCUT2D eigenvalue weighted by molar-refractivity contribution is 5.72. The van der Waals surface area contributed by atoms with Gasteiger partial charge in [-0.15, -0.1) is 0 Å². The van der Waals surface area contributed by atoms with Gasteiger partial charge in [0, 0.05) is 38.8 Å². The van der Waals surface area contributed by atoms with E-state index in [-0.39, 0.29) is 5.76 Å². The first-order valence-electron chi connectivity index (χ1n) is 6.78. The van der Waals surface area contributed by atoms with Crippen LogP contribution >= 0.6 is 0 Å². The predicted molar refractivity (Wildman–Crippen MR) is 74.4 cm³/mol. The molecule has 0 aliphatic carbocycles. The van der Waals surface area contributed by atoms with Crippen LogP contribution in [-0.4, -0.2) is 41.7 Å². The fraction of sp³-hybridized carbons (Fsp3) is 0.500. The molecular weight excluding hydrogens is 242 g/mol. The van der Waals surface area contributed by atoms with Crippen LogP contribution in [0.25, 0.3) is 11.1 Å². The van der Waals surface area contributed by atoms with Gasteiger partial charge in [-0.3, -0.25) is 9.47 Å². The molecule has 102 valence electrons. The Morgan fingerprint density at radius 2 is 2.21 bits per heavy atom. The van der Waals surface area contributed by atoms with E-state index < -0.39 is 0 Å². The molecule has 1 fully saturated rings. The predicted octanol–water partition coefficient (Wildman–Crippen LogP) is 0.888. The summed E-state index contributed by atoms with van der Waals surface area (Å²) in [5.41, 5.74) is 1.55. The van der Waals surface area contributed by atoms with E-state index in [2.05, 4.69) is 17.1 Å². The summed E-state index contributed by atoms with van der Waals surface area (Å²) in [6, 6.07) is 8.10. The van der Waals surface area contributed by atoms with Gasteiger partial charge in [0.2, 0.25) is 0 Å². The zero-order valence-corrected chi connectivity index (χ0v) is 11.1. The SMILES string of the molecule is C[C@H]1CN(CCn2c(=O)oc3ccccc32)CCN1. The van der Waals surface area contributed by atoms with Crippen molar-refractivity contribution in [2.45, 2.75) is 19.5 Å². The summed E-state index contributed by atoms with van der Waals surface area (Å²) < 4.78 is 6.96. The molecule has 0 unspecified atom stereocenters. The first kappa shape index (κ1) is 12.4. The van der Waals surface area contributed by atoms with Gasteiger partial charge in [-0.25, -0.2) is 4.79 Å². The Kier molecular flexibility index (Phi) is 3.40. The Bertz CT molecular complexity index is 616. The number of nitrogens with one attached hydrogen (secondary N) is 1. The molecule has 1 aromatic carbocycles. The van der Waals surface area contributed by atoms with Crippen LogP contribution < -0.4 is 11.1 Å². The Morgan fingerprint density at radius 1 is 1.37 bits per heavy atom. The Morgan fingerprint density at radius 3 is 3.05 bits per heavy atom. The maximum Gasteiger partial charge on any atom is 0.419 e. The number of para-hydroxylation sites is 2. The molecule has 0 radical (unpaired) electrons. The molecule has 3 rings (SSSR count). The first-order chi connectivity index (χ1) is 9.24. The number of oxazole rings is 1. The van der Waals surface area contributed by atoms with Crippen LogP contribution in [0.1, 0.15) is 6.92 Å². The summed E-state index contributed by atoms with van der Waals surface area (Å²) in [5, 5.41) is 3.42. The maximum absolute atomic E-state index is 11.8. The van der Waals surface area contributed by atoms with E-state index in [0.29, 0.717) is 18.2 Å². The minimum Gasteiger partial charge on any atom is -0.408 e. The standard InChI is InChI=1S/C14H19N3O2/c1-11-10-16(7-6-15-11)8-9-17-12-4-2-3-5-13(12)19-14(17)18/h2-5,11,15H,6-10H2,1H3/t11-/m0/s1. The minimum atomic E-state index is -0.260. The Labute approximate surface area is 111 Å². The molecule has 0 saturated carbocycles. The van der Waals surface area contributed by atoms with Crippen molar-refractivity contribution in [2.24, 2.45) is 0 Å². The van der Waals surface area contributed by atoms with E-state index in [4.69, 9.17) is 4.42 Å². The summed E-state index contributed by atoms with van der Waals surface area (Å²) in [4.78, 5) is 14.2. The molecular formula is C14H19N3O2. The lowest BCUT2D eigenvalue weighted by molar-refractivity contribution is 0.199. The highest BCUT2D eigenvalue weighted by Crippen LogP contribution is 2.11. The normalized spacial score (nSPS) is 21.0. The molecule has 0 amide bonds. The van der Waals surface area contributed by atoms with Crippen LogP contribution in [0, 0.1) is 0 Å². The Hall–Kier alpha value is -1.59. The maximum atomic E-state index is 11.8. The van der Waals surface area contributed by atoms with Gasteiger partial charge in [-0.1, -0.05) is 12.1 Å². The average Bonchev–Trinajstić information content (AvgIpc) is 2.72. The highest BCUT2D eigenvalue weighted by Gasteiger charge is 2.16. The average molecular weight is 261 g/mol. The van der Waals surface area contributed by atoms with Crippen molar-refractivity contribution in [1.82, 2.24) is 14.8 Å². The fourth-order valence-electron chi connectivity index (χ4n) is 2.68. The van der Waals surface area contributed by atoms with E-state index >= 15 is 0 Å². The van der Waals surface area contributed by atoms with Crippen LogP contribution in [-0.2, 0) is 6.54 Å². The third-order valence-electron chi connectivity index (χ3n) is 3.67. The van der Waals surface area contributed by atoms with Crippen molar-refractivity contribution in [1.29, 1.82) is 0 Å². The number of piperazine rings is 1. The smallest absolute Gasteiger partial charge is 0.408 e. The molecule has 1 saturated heterocycles. The number of hydrogen-bond acceptors (Lipinski definition) is 4. The zero-order valence-electron chi connectivity index (χ0n) is 11.1. The second kappa shape index (κ2) is 5.19. The van der Waals surface area contributed by atoms with Crippen molar-refractivity contribution in [3.05, 3.63) is 34.8 Å². The quantitative estimate of drug-likeness (QED) is 0.891. The van der Waals surface area contributed by atoms with E-state index in [1.54, 1.807) is 4.57 Å². The molecule has 5 heteroatoms. The summed E-state index contributed by atoms with van der Waals surface area (Å²) in [7, 11) is 0. The third-order valence-corrected chi connectivity index (χ3v) is 3.67. The van der Waals surface area contributed by atoms with Gasteiger partial charge in [0.25, 0.3) is 0 Å². The summed E-state index contributed by atoms with van der Waals surface area (Å²) in [6.07, 6.45) is 0. The monoisotopic (exact) mass is 261 g/mol. The van der Waals surface area contributed by atoms with Crippen molar-refractivity contribution in [3.63, 3.8) is 0 Å². The molecule has 2 aromatic rings. The number of hydrogen-bond donors (Lipinski definition) is 1. The van der Waals surface area contributed by atoms with Gasteiger partial charge in [0.15, 0.2) is 5.58 Å². The lowest BCUT2D eigenvalue weighted by atomic mass is 10.2. The van der Waals surface area contributed by atoms with Crippen LogP contribution in [0.2, 0.25) is 0 Å². The Balaban J connectivity index is 1.75. The van der Waals surface area contributed by atoms with Gasteiger partial charge in [-0.2, -0.15) is 0 Å². The topological polar surface area (TPSA) is 50.4 Å². The molecule has 2 heterocycles. The fourth-order valence-corrected chi connectivity index (χ4v) is 2.68. The number of aromatic nitrogens is 1. The van der Waals surface area contributed by atoms with Crippen LogP contribution in [0.3, 0.4) is 0 Å². The van der Waals surface area contributed by atoms with Crippen molar-refractivity contribution in [2.75, 3.05) is 26.2 Å². The summed E-state index contributed by atoms with van der Waals surface area (Å²) in [6.45, 7) is 6.84. The molecule has 19 heavy (non-hydrogen) atoms. The lowest BCUT2D eigenvalue weighted by Gasteiger charge is -2.31. The zero-order chi connectivity index (χ0) is 13.2. The number of fused-ring (bicyclic) bond motifs is 1. The molecule has 5 nitrogen and oxygen atoms in total. The largest absolute Gasteiger partial charge is 0.419 e. The van der Waals surface area contributed by atoms with Crippen LogP contribution in [0.5, 0.6) is 0 Å². The minimum absolute atomic E-state index is 0.260. The molecule has 1 aliphatic heterocycles. The first-order valence-corrected chi connectivity index (χ1v) is 6.78. The second-order valence-electron chi connectivity index (χ2n) is 5.14. The summed E-state index contributed by atoms with van der Waals surface area (Å²) >= 11 is 0. The molecule has 0 bridgehead atoms. The third kappa shape index (κ3) is 2.57. The van der Waals surface area contributed by atoms with Gasteiger partial charge >= 0.3 is 5.76 Å². The summed E-state index contributed by atoms with van der Waals surface area (Å²) in [5.74, 6) is -0.260. The second-order valence-corrected chi connectivity index (χ2v) is 5.14. The van der Waals surface area contributed by atoms with E-state index in [1.807, 2.05) is 24.3 Å².